The van der Waals surface area contributed by atoms with Crippen molar-refractivity contribution in [1.29, 1.82) is 0 Å². The van der Waals surface area contributed by atoms with Crippen LogP contribution in [-0.4, -0.2) is 89.7 Å². The van der Waals surface area contributed by atoms with E-state index < -0.39 is 30.0 Å². The number of anilines is 1. The Labute approximate surface area is 205 Å². The Kier molecular flexibility index (Phi) is 8.14. The van der Waals surface area contributed by atoms with Crippen LogP contribution < -0.4 is 10.2 Å². The zero-order valence-electron chi connectivity index (χ0n) is 20.7. The molecular formula is C25H34N4O6. The fraction of sp³-hybridized carbons (Fsp3) is 0.560. The van der Waals surface area contributed by atoms with Gasteiger partial charge in [-0.15, -0.1) is 0 Å². The summed E-state index contributed by atoms with van der Waals surface area (Å²) in [7, 11) is 3.81. The summed E-state index contributed by atoms with van der Waals surface area (Å²) in [6, 6.07) is 5.03. The zero-order valence-corrected chi connectivity index (χ0v) is 20.7. The van der Waals surface area contributed by atoms with Crippen molar-refractivity contribution in [3.8, 4) is 0 Å². The number of aliphatic carboxylic acids is 1. The van der Waals surface area contributed by atoms with Crippen LogP contribution in [0, 0.1) is 5.92 Å². The fourth-order valence-corrected chi connectivity index (χ4v) is 4.79. The number of ketones is 1. The summed E-state index contributed by atoms with van der Waals surface area (Å²) >= 11 is 0. The first kappa shape index (κ1) is 26.2. The molecule has 10 nitrogen and oxygen atoms in total. The maximum atomic E-state index is 13.5. The summed E-state index contributed by atoms with van der Waals surface area (Å²) in [5.41, 5.74) is 1.38. The topological polar surface area (TPSA) is 127 Å². The number of carbonyl (C=O) groups excluding carboxylic acids is 4. The van der Waals surface area contributed by atoms with Gasteiger partial charge in [-0.05, 0) is 43.0 Å². The van der Waals surface area contributed by atoms with Gasteiger partial charge in [-0.2, -0.15) is 0 Å². The normalized spacial score (nSPS) is 20.1. The Balaban J connectivity index is 1.73. The van der Waals surface area contributed by atoms with Gasteiger partial charge in [0.05, 0.1) is 19.0 Å². The van der Waals surface area contributed by atoms with Crippen molar-refractivity contribution < 1.29 is 29.1 Å². The quantitative estimate of drug-likeness (QED) is 0.536. The van der Waals surface area contributed by atoms with E-state index in [0.717, 1.165) is 5.69 Å². The van der Waals surface area contributed by atoms with Crippen molar-refractivity contribution in [3.63, 3.8) is 0 Å². The Bertz CT molecular complexity index is 990. The van der Waals surface area contributed by atoms with Gasteiger partial charge in [0.15, 0.2) is 5.78 Å². The maximum absolute atomic E-state index is 13.5. The number of carboxylic acids is 1. The van der Waals surface area contributed by atoms with Gasteiger partial charge in [-0.25, -0.2) is 0 Å². The highest BCUT2D eigenvalue weighted by molar-refractivity contribution is 6.01. The molecule has 2 N–H and O–H groups in total. The first-order valence-electron chi connectivity index (χ1n) is 11.9. The number of nitrogens with zero attached hydrogens (tertiary/aromatic N) is 3. The van der Waals surface area contributed by atoms with Crippen molar-refractivity contribution in [2.75, 3.05) is 32.1 Å². The lowest BCUT2D eigenvalue weighted by Gasteiger charge is -2.29. The van der Waals surface area contributed by atoms with E-state index >= 15 is 0 Å². The molecule has 0 radical (unpaired) electrons. The number of carboxylic acid groups (broad SMARTS) is 1. The molecule has 0 aromatic heterocycles. The molecule has 0 aliphatic carbocycles. The van der Waals surface area contributed by atoms with Crippen molar-refractivity contribution in [1.82, 2.24) is 15.1 Å². The van der Waals surface area contributed by atoms with Gasteiger partial charge < -0.3 is 25.1 Å². The lowest BCUT2D eigenvalue weighted by molar-refractivity contribution is -0.141. The van der Waals surface area contributed by atoms with Crippen LogP contribution in [0.1, 0.15) is 49.9 Å². The second kappa shape index (κ2) is 10.9. The van der Waals surface area contributed by atoms with E-state index in [4.69, 9.17) is 5.11 Å². The summed E-state index contributed by atoms with van der Waals surface area (Å²) < 4.78 is 0. The van der Waals surface area contributed by atoms with Crippen molar-refractivity contribution >= 4 is 35.2 Å². The number of carbonyl (C=O) groups is 5. The van der Waals surface area contributed by atoms with E-state index in [1.807, 2.05) is 45.0 Å². The third-order valence-corrected chi connectivity index (χ3v) is 6.53. The number of nitrogens with one attached hydrogen (secondary N) is 1. The molecule has 0 spiro atoms. The molecule has 2 saturated heterocycles. The van der Waals surface area contributed by atoms with E-state index in [1.165, 1.54) is 9.80 Å². The van der Waals surface area contributed by atoms with Crippen molar-refractivity contribution in [2.45, 2.75) is 57.7 Å². The number of amides is 3. The van der Waals surface area contributed by atoms with Gasteiger partial charge in [-0.1, -0.05) is 13.8 Å². The predicted octanol–water partition coefficient (Wildman–Crippen LogP) is 1.14. The molecule has 3 rings (SSSR count). The second-order valence-electron chi connectivity index (χ2n) is 9.81. The Morgan fingerprint density at radius 3 is 2.31 bits per heavy atom. The molecule has 1 aromatic rings. The summed E-state index contributed by atoms with van der Waals surface area (Å²) in [4.78, 5) is 67.4. The van der Waals surface area contributed by atoms with Crippen LogP contribution in [0.25, 0.3) is 0 Å². The van der Waals surface area contributed by atoms with Crippen LogP contribution in [0.2, 0.25) is 0 Å². The Morgan fingerprint density at radius 1 is 1.09 bits per heavy atom. The number of fused-ring (bicyclic) bond motifs is 1. The lowest BCUT2D eigenvalue weighted by atomic mass is 10.0. The molecule has 1 aromatic carbocycles. The molecule has 0 unspecified atom stereocenters. The minimum atomic E-state index is -1.08. The highest BCUT2D eigenvalue weighted by atomic mass is 16.4. The average Bonchev–Trinajstić information content (AvgIpc) is 3.37. The second-order valence-corrected chi connectivity index (χ2v) is 9.81. The van der Waals surface area contributed by atoms with E-state index in [0.29, 0.717) is 24.9 Å². The van der Waals surface area contributed by atoms with Gasteiger partial charge in [-0.3, -0.25) is 24.0 Å². The highest BCUT2D eigenvalue weighted by Crippen LogP contribution is 2.31. The molecule has 2 aliphatic rings. The summed E-state index contributed by atoms with van der Waals surface area (Å²) in [5, 5.41) is 11.7. The molecular weight excluding hydrogens is 452 g/mol. The van der Waals surface area contributed by atoms with Gasteiger partial charge in [0.1, 0.15) is 12.1 Å². The number of likely N-dealkylation sites (tertiary alicyclic amines) is 2. The van der Waals surface area contributed by atoms with Crippen molar-refractivity contribution in [3.05, 3.63) is 29.8 Å². The Hall–Kier alpha value is -3.43. The average molecular weight is 487 g/mol. The van der Waals surface area contributed by atoms with E-state index in [9.17, 15) is 24.0 Å². The standard InChI is InChI=1S/C25H34N4O6/c1-15(2)13-18(26-24(34)16-5-7-17(8-6-16)27(3)4)25(35)28-12-11-19-23(28)20(30)14-29(19)21(31)9-10-22(32)33/h5-8,15,18-19,23H,9-14H2,1-4H3,(H,26,34)(H,32,33)/t18-,19+,23-/m0/s1. The van der Waals surface area contributed by atoms with Crippen LogP contribution in [-0.2, 0) is 19.2 Å². The van der Waals surface area contributed by atoms with Crippen LogP contribution in [0.4, 0.5) is 5.69 Å². The third kappa shape index (κ3) is 5.98. The minimum Gasteiger partial charge on any atom is -0.481 e. The van der Waals surface area contributed by atoms with Gasteiger partial charge in [0.2, 0.25) is 11.8 Å². The predicted molar refractivity (Wildman–Crippen MR) is 129 cm³/mol. The summed E-state index contributed by atoms with van der Waals surface area (Å²) in [6.45, 7) is 4.07. The molecule has 0 saturated carbocycles. The molecule has 2 heterocycles. The smallest absolute Gasteiger partial charge is 0.303 e. The number of Topliss-reactive ketones (excluding diaryl/α,β-unsaturated/α-hetero) is 1. The number of hydrogen-bond donors (Lipinski definition) is 2. The van der Waals surface area contributed by atoms with E-state index in [1.54, 1.807) is 12.1 Å². The van der Waals surface area contributed by atoms with Gasteiger partial charge in [0.25, 0.3) is 5.91 Å². The first-order valence-corrected chi connectivity index (χ1v) is 11.9. The highest BCUT2D eigenvalue weighted by Gasteiger charge is 2.52. The number of hydrogen-bond acceptors (Lipinski definition) is 6. The third-order valence-electron chi connectivity index (χ3n) is 6.53. The first-order chi connectivity index (χ1) is 16.5. The zero-order chi connectivity index (χ0) is 25.9. The molecule has 190 valence electrons. The Morgan fingerprint density at radius 2 is 1.74 bits per heavy atom. The molecule has 2 aliphatic heterocycles. The number of benzene rings is 1. The minimum absolute atomic E-state index is 0.118. The van der Waals surface area contributed by atoms with Crippen LogP contribution in [0.15, 0.2) is 24.3 Å². The van der Waals surface area contributed by atoms with Crippen LogP contribution in [0.3, 0.4) is 0 Å². The number of rotatable bonds is 9. The van der Waals surface area contributed by atoms with E-state index in [2.05, 4.69) is 5.32 Å². The molecule has 2 fully saturated rings. The largest absolute Gasteiger partial charge is 0.481 e. The molecule has 35 heavy (non-hydrogen) atoms. The summed E-state index contributed by atoms with van der Waals surface area (Å²) in [5.74, 6) is -2.29. The lowest BCUT2D eigenvalue weighted by Crippen LogP contribution is -2.53. The van der Waals surface area contributed by atoms with Gasteiger partial charge in [0, 0.05) is 38.3 Å². The monoisotopic (exact) mass is 486 g/mol. The van der Waals surface area contributed by atoms with Crippen LogP contribution >= 0.6 is 0 Å². The maximum Gasteiger partial charge on any atom is 0.303 e. The molecule has 3 amide bonds. The molecule has 3 atom stereocenters. The molecule has 10 heteroatoms. The van der Waals surface area contributed by atoms with Crippen LogP contribution in [0.5, 0.6) is 0 Å². The summed E-state index contributed by atoms with van der Waals surface area (Å²) in [6.07, 6.45) is 0.360. The van der Waals surface area contributed by atoms with Gasteiger partial charge >= 0.3 is 5.97 Å². The fourth-order valence-electron chi connectivity index (χ4n) is 4.79. The molecule has 0 bridgehead atoms. The van der Waals surface area contributed by atoms with Crippen molar-refractivity contribution in [2.24, 2.45) is 5.92 Å². The van der Waals surface area contributed by atoms with E-state index in [-0.39, 0.29) is 42.9 Å². The SMILES string of the molecule is CC(C)C[C@H](NC(=O)c1ccc(N(C)C)cc1)C(=O)N1CC[C@@H]2[C@H]1C(=O)CN2C(=O)CCC(=O)O.